The SMILES string of the molecule is COc1cc2c(cc1Nc1nc(OCc3ccccc3S(=O)(=O)C(C)C)c3sccc3n1)N(C(=O)CN(C)C)CC2. The smallest absolute Gasteiger partial charge is 0.241 e. The second kappa shape index (κ2) is 11.6. The van der Waals surface area contributed by atoms with E-state index in [1.54, 1.807) is 50.1 Å². The van der Waals surface area contributed by atoms with Crippen LogP contribution in [0.15, 0.2) is 52.7 Å². The van der Waals surface area contributed by atoms with Crippen molar-refractivity contribution in [3.8, 4) is 11.6 Å². The monoisotopic (exact) mass is 595 g/mol. The molecule has 3 heterocycles. The molecule has 216 valence electrons. The Morgan fingerprint density at radius 3 is 2.68 bits per heavy atom. The Morgan fingerprint density at radius 2 is 1.95 bits per heavy atom. The van der Waals surface area contributed by atoms with Gasteiger partial charge in [-0.15, -0.1) is 11.3 Å². The topological polar surface area (TPSA) is 114 Å². The molecule has 41 heavy (non-hydrogen) atoms. The van der Waals surface area contributed by atoms with Gasteiger partial charge in [0.05, 0.1) is 35.0 Å². The first kappa shape index (κ1) is 28.8. The van der Waals surface area contributed by atoms with E-state index in [-0.39, 0.29) is 23.4 Å². The zero-order chi connectivity index (χ0) is 29.3. The van der Waals surface area contributed by atoms with Gasteiger partial charge in [-0.25, -0.2) is 13.4 Å². The summed E-state index contributed by atoms with van der Waals surface area (Å²) < 4.78 is 38.4. The van der Waals surface area contributed by atoms with Crippen LogP contribution in [0.5, 0.6) is 11.6 Å². The Kier molecular flexibility index (Phi) is 8.16. The number of fused-ring (bicyclic) bond motifs is 2. The van der Waals surface area contributed by atoms with Crippen LogP contribution in [0.25, 0.3) is 10.2 Å². The van der Waals surface area contributed by atoms with Crippen molar-refractivity contribution in [3.05, 3.63) is 59.0 Å². The second-order valence-corrected chi connectivity index (χ2v) is 13.7. The number of aromatic nitrogens is 2. The number of thiophene rings is 1. The predicted molar refractivity (Wildman–Crippen MR) is 161 cm³/mol. The van der Waals surface area contributed by atoms with Gasteiger partial charge in [0.25, 0.3) is 0 Å². The Morgan fingerprint density at radius 1 is 1.17 bits per heavy atom. The molecule has 5 rings (SSSR count). The molecule has 1 N–H and O–H groups in total. The van der Waals surface area contributed by atoms with Crippen molar-refractivity contribution in [1.29, 1.82) is 0 Å². The first-order valence-electron chi connectivity index (χ1n) is 13.2. The number of carbonyl (C=O) groups is 1. The molecule has 0 atom stereocenters. The molecule has 0 bridgehead atoms. The fourth-order valence-electron chi connectivity index (χ4n) is 4.71. The fraction of sp³-hybridized carbons (Fsp3) is 0.345. The van der Waals surface area contributed by atoms with Crippen LogP contribution in [0.3, 0.4) is 0 Å². The highest BCUT2D eigenvalue weighted by molar-refractivity contribution is 7.92. The van der Waals surface area contributed by atoms with Gasteiger partial charge in [-0.3, -0.25) is 4.79 Å². The van der Waals surface area contributed by atoms with E-state index in [2.05, 4.69) is 15.3 Å². The van der Waals surface area contributed by atoms with Crippen molar-refractivity contribution in [2.24, 2.45) is 0 Å². The number of amides is 1. The molecule has 1 aliphatic heterocycles. The van der Waals surface area contributed by atoms with Gasteiger partial charge in [0.2, 0.25) is 17.7 Å². The number of nitrogens with zero attached hydrogens (tertiary/aromatic N) is 4. The molecule has 0 fully saturated rings. The van der Waals surface area contributed by atoms with E-state index in [4.69, 9.17) is 9.47 Å². The summed E-state index contributed by atoms with van der Waals surface area (Å²) in [4.78, 5) is 26.1. The maximum atomic E-state index is 12.9. The van der Waals surface area contributed by atoms with Gasteiger partial charge in [0.15, 0.2) is 9.84 Å². The average Bonchev–Trinajstić information content (AvgIpc) is 3.58. The van der Waals surface area contributed by atoms with E-state index in [1.165, 1.54) is 11.3 Å². The number of carbonyl (C=O) groups excluding carboxylic acids is 1. The van der Waals surface area contributed by atoms with Gasteiger partial charge in [0, 0.05) is 17.8 Å². The lowest BCUT2D eigenvalue weighted by molar-refractivity contribution is -0.119. The number of sulfone groups is 1. The molecule has 1 aliphatic rings. The number of ether oxygens (including phenoxy) is 2. The number of hydrogen-bond acceptors (Lipinski definition) is 10. The Labute approximate surface area is 243 Å². The summed E-state index contributed by atoms with van der Waals surface area (Å²) in [5, 5.41) is 4.60. The summed E-state index contributed by atoms with van der Waals surface area (Å²) in [7, 11) is 1.85. The number of benzene rings is 2. The van der Waals surface area contributed by atoms with E-state index >= 15 is 0 Å². The lowest BCUT2D eigenvalue weighted by atomic mass is 10.1. The molecule has 0 saturated carbocycles. The third-order valence-electron chi connectivity index (χ3n) is 6.83. The molecule has 2 aromatic heterocycles. The highest BCUT2D eigenvalue weighted by Gasteiger charge is 2.27. The van der Waals surface area contributed by atoms with Crippen LogP contribution in [0, 0.1) is 0 Å². The normalized spacial score (nSPS) is 13.2. The van der Waals surface area contributed by atoms with E-state index in [0.717, 1.165) is 22.4 Å². The largest absolute Gasteiger partial charge is 0.495 e. The number of anilines is 3. The zero-order valence-corrected chi connectivity index (χ0v) is 25.3. The van der Waals surface area contributed by atoms with Crippen LogP contribution in [0.2, 0.25) is 0 Å². The quantitative estimate of drug-likeness (QED) is 0.280. The summed E-state index contributed by atoms with van der Waals surface area (Å²) in [6, 6.07) is 12.6. The van der Waals surface area contributed by atoms with Crippen LogP contribution in [-0.2, 0) is 27.7 Å². The third-order valence-corrected chi connectivity index (χ3v) is 9.98. The third kappa shape index (κ3) is 5.85. The standard InChI is InChI=1S/C29H33N5O5S2/c1-18(2)41(36,37)25-9-7-6-8-20(25)17-39-28-27-21(11-13-40-27)30-29(32-28)31-22-15-23-19(14-24(22)38-5)10-12-34(23)26(35)16-33(3)4/h6-9,11,13-15,18H,10,12,16-17H2,1-5H3,(H,30,31,32). The summed E-state index contributed by atoms with van der Waals surface area (Å²) in [6.45, 7) is 4.27. The lowest BCUT2D eigenvalue weighted by Gasteiger charge is -2.21. The highest BCUT2D eigenvalue weighted by Crippen LogP contribution is 2.39. The van der Waals surface area contributed by atoms with Crippen LogP contribution in [0.4, 0.5) is 17.3 Å². The first-order chi connectivity index (χ1) is 19.6. The maximum absolute atomic E-state index is 12.9. The molecule has 0 aliphatic carbocycles. The van der Waals surface area contributed by atoms with Gasteiger partial charge in [-0.1, -0.05) is 18.2 Å². The second-order valence-electron chi connectivity index (χ2n) is 10.3. The fourth-order valence-corrected chi connectivity index (χ4v) is 6.75. The molecule has 4 aromatic rings. The molecule has 0 saturated heterocycles. The van der Waals surface area contributed by atoms with E-state index in [0.29, 0.717) is 41.5 Å². The molecule has 2 aromatic carbocycles. The number of nitrogens with one attached hydrogen (secondary N) is 1. The van der Waals surface area contributed by atoms with Gasteiger partial charge in [-0.2, -0.15) is 4.98 Å². The zero-order valence-electron chi connectivity index (χ0n) is 23.7. The van der Waals surface area contributed by atoms with Crippen LogP contribution in [-0.4, -0.2) is 68.7 Å². The van der Waals surface area contributed by atoms with Crippen LogP contribution >= 0.6 is 11.3 Å². The molecule has 0 radical (unpaired) electrons. The van der Waals surface area contributed by atoms with Crippen molar-refractivity contribution in [2.75, 3.05) is 44.5 Å². The minimum absolute atomic E-state index is 0.0243. The number of methoxy groups -OCH3 is 1. The van der Waals surface area contributed by atoms with Gasteiger partial charge >= 0.3 is 0 Å². The van der Waals surface area contributed by atoms with Crippen molar-refractivity contribution < 1.29 is 22.7 Å². The van der Waals surface area contributed by atoms with E-state index in [1.807, 2.05) is 42.6 Å². The minimum atomic E-state index is -3.49. The first-order valence-corrected chi connectivity index (χ1v) is 15.6. The molecular weight excluding hydrogens is 562 g/mol. The van der Waals surface area contributed by atoms with Crippen LogP contribution in [0.1, 0.15) is 25.0 Å². The van der Waals surface area contributed by atoms with Gasteiger partial charge in [0.1, 0.15) is 17.1 Å². The number of hydrogen-bond donors (Lipinski definition) is 1. The molecular formula is C29H33N5O5S2. The summed E-state index contributed by atoms with van der Waals surface area (Å²) in [5.74, 6) is 1.26. The minimum Gasteiger partial charge on any atom is -0.495 e. The molecule has 12 heteroatoms. The maximum Gasteiger partial charge on any atom is 0.241 e. The van der Waals surface area contributed by atoms with Crippen molar-refractivity contribution in [2.45, 2.75) is 37.0 Å². The number of rotatable bonds is 10. The van der Waals surface area contributed by atoms with Crippen molar-refractivity contribution in [1.82, 2.24) is 14.9 Å². The molecule has 1 amide bonds. The predicted octanol–water partition coefficient (Wildman–Crippen LogP) is 4.66. The average molecular weight is 596 g/mol. The van der Waals surface area contributed by atoms with E-state index < -0.39 is 15.1 Å². The Balaban J connectivity index is 1.46. The Bertz CT molecular complexity index is 1700. The van der Waals surface area contributed by atoms with Gasteiger partial charge in [-0.05, 0) is 69.6 Å². The molecule has 0 spiro atoms. The number of likely N-dealkylation sites (N-methyl/N-ethyl adjacent to an activating group) is 1. The Hall–Kier alpha value is -3.74. The summed E-state index contributed by atoms with van der Waals surface area (Å²) in [6.07, 6.45) is 0.745. The molecule has 10 nitrogen and oxygen atoms in total. The van der Waals surface area contributed by atoms with E-state index in [9.17, 15) is 13.2 Å². The highest BCUT2D eigenvalue weighted by atomic mass is 32.2. The van der Waals surface area contributed by atoms with Crippen molar-refractivity contribution >= 4 is 54.6 Å². The molecule has 0 unspecified atom stereocenters. The van der Waals surface area contributed by atoms with Crippen LogP contribution < -0.4 is 19.7 Å². The lowest BCUT2D eigenvalue weighted by Crippen LogP contribution is -2.36. The summed E-state index contributed by atoms with van der Waals surface area (Å²) >= 11 is 1.44. The van der Waals surface area contributed by atoms with Gasteiger partial charge < -0.3 is 24.6 Å². The van der Waals surface area contributed by atoms with Crippen molar-refractivity contribution in [3.63, 3.8) is 0 Å². The summed E-state index contributed by atoms with van der Waals surface area (Å²) in [5.41, 5.74) is 3.73.